The molecule has 0 saturated carbocycles. The van der Waals surface area contributed by atoms with E-state index in [1.165, 1.54) is 10.5 Å². The highest BCUT2D eigenvalue weighted by Crippen LogP contribution is 2.49. The highest BCUT2D eigenvalue weighted by molar-refractivity contribution is 6.06. The van der Waals surface area contributed by atoms with Gasteiger partial charge in [0.15, 0.2) is 0 Å². The number of hydrogen-bond donors (Lipinski definition) is 2. The van der Waals surface area contributed by atoms with E-state index in [4.69, 9.17) is 9.84 Å². The number of carboxylic acid groups (broad SMARTS) is 1. The first kappa shape index (κ1) is 27.8. The first-order chi connectivity index (χ1) is 19.3. The fraction of sp³-hybridized carbons (Fsp3) is 0.438. The summed E-state index contributed by atoms with van der Waals surface area (Å²) in [6.45, 7) is 2.84. The molecule has 3 heterocycles. The molecule has 0 radical (unpaired) electrons. The van der Waals surface area contributed by atoms with Gasteiger partial charge in [-0.2, -0.15) is 0 Å². The van der Waals surface area contributed by atoms with E-state index in [-0.39, 0.29) is 47.8 Å². The van der Waals surface area contributed by atoms with E-state index in [0.29, 0.717) is 45.3 Å². The van der Waals surface area contributed by atoms with Crippen molar-refractivity contribution in [3.8, 4) is 5.75 Å². The number of carbonyl (C=O) groups excluding carboxylic acids is 2. The molecule has 2 N–H and O–H groups in total. The van der Waals surface area contributed by atoms with Gasteiger partial charge in [0.2, 0.25) is 11.8 Å². The number of carboxylic acids is 1. The van der Waals surface area contributed by atoms with E-state index in [2.05, 4.69) is 11.9 Å². The number of carbonyl (C=O) groups is 3. The number of benzene rings is 1. The van der Waals surface area contributed by atoms with Crippen LogP contribution >= 0.6 is 0 Å². The van der Waals surface area contributed by atoms with Crippen LogP contribution in [0.2, 0.25) is 0 Å². The van der Waals surface area contributed by atoms with Crippen LogP contribution < -0.4 is 0 Å². The van der Waals surface area contributed by atoms with Gasteiger partial charge in [-0.1, -0.05) is 30.2 Å². The van der Waals surface area contributed by atoms with Gasteiger partial charge in [0.25, 0.3) is 0 Å². The largest absolute Gasteiger partial charge is 0.508 e. The summed E-state index contributed by atoms with van der Waals surface area (Å²) in [4.78, 5) is 43.4. The number of aromatic hydroxyl groups is 1. The molecular formula is C32H36N2O6. The quantitative estimate of drug-likeness (QED) is 0.230. The van der Waals surface area contributed by atoms with Crippen molar-refractivity contribution in [2.24, 2.45) is 17.8 Å². The van der Waals surface area contributed by atoms with Crippen LogP contribution in [0, 0.1) is 17.8 Å². The molecule has 40 heavy (non-hydrogen) atoms. The minimum atomic E-state index is -0.828. The Morgan fingerprint density at radius 1 is 1.07 bits per heavy atom. The lowest BCUT2D eigenvalue weighted by Gasteiger charge is -2.30. The lowest BCUT2D eigenvalue weighted by Crippen LogP contribution is -2.34. The molecule has 0 bridgehead atoms. The predicted octanol–water partition coefficient (Wildman–Crippen LogP) is 5.09. The van der Waals surface area contributed by atoms with Crippen molar-refractivity contribution in [3.05, 3.63) is 71.1 Å². The molecule has 2 aliphatic heterocycles. The molecule has 5 rings (SSSR count). The van der Waals surface area contributed by atoms with Crippen molar-refractivity contribution in [2.75, 3.05) is 13.2 Å². The molecule has 210 valence electrons. The highest BCUT2D eigenvalue weighted by Gasteiger charge is 2.56. The average Bonchev–Trinajstić information content (AvgIpc) is 3.46. The number of rotatable bonds is 11. The number of aliphatic carboxylic acids is 1. The van der Waals surface area contributed by atoms with Crippen molar-refractivity contribution in [1.29, 1.82) is 0 Å². The Morgan fingerprint density at radius 2 is 1.93 bits per heavy atom. The van der Waals surface area contributed by atoms with Crippen molar-refractivity contribution in [1.82, 2.24) is 9.88 Å². The molecule has 2 amide bonds. The van der Waals surface area contributed by atoms with Gasteiger partial charge in [-0.3, -0.25) is 24.3 Å². The molecule has 2 fully saturated rings. The van der Waals surface area contributed by atoms with Gasteiger partial charge in [0, 0.05) is 25.1 Å². The average molecular weight is 545 g/mol. The second kappa shape index (κ2) is 12.2. The van der Waals surface area contributed by atoms with Gasteiger partial charge in [-0.25, -0.2) is 0 Å². The predicted molar refractivity (Wildman–Crippen MR) is 150 cm³/mol. The molecule has 4 atom stereocenters. The van der Waals surface area contributed by atoms with Crippen molar-refractivity contribution in [3.63, 3.8) is 0 Å². The second-order valence-electron chi connectivity index (χ2n) is 11.1. The number of unbranched alkanes of at least 4 members (excludes halogenated alkanes) is 2. The number of phenolic OH excluding ortho intramolecular Hbond substituents is 1. The minimum Gasteiger partial charge on any atom is -0.508 e. The summed E-state index contributed by atoms with van der Waals surface area (Å²) in [6, 6.07) is 12.9. The summed E-state index contributed by atoms with van der Waals surface area (Å²) < 4.78 is 6.31. The number of aromatic nitrogens is 1. The van der Waals surface area contributed by atoms with Crippen molar-refractivity contribution in [2.45, 2.75) is 58.0 Å². The van der Waals surface area contributed by atoms with Crippen LogP contribution in [0.1, 0.15) is 63.1 Å². The zero-order valence-corrected chi connectivity index (χ0v) is 22.8. The molecular weight excluding hydrogens is 508 g/mol. The van der Waals surface area contributed by atoms with E-state index < -0.39 is 5.97 Å². The zero-order valence-electron chi connectivity index (χ0n) is 22.8. The molecule has 2 saturated heterocycles. The number of amides is 2. The topological polar surface area (TPSA) is 117 Å². The molecule has 0 unspecified atom stereocenters. The van der Waals surface area contributed by atoms with Crippen LogP contribution in [0.25, 0.3) is 11.6 Å². The van der Waals surface area contributed by atoms with Gasteiger partial charge in [0.05, 0.1) is 30.2 Å². The Morgan fingerprint density at radius 3 is 2.67 bits per heavy atom. The van der Waals surface area contributed by atoms with E-state index in [1.807, 2.05) is 36.4 Å². The lowest BCUT2D eigenvalue weighted by atomic mass is 9.70. The third-order valence-corrected chi connectivity index (χ3v) is 8.40. The summed E-state index contributed by atoms with van der Waals surface area (Å²) in [5.41, 5.74) is 5.11. The van der Waals surface area contributed by atoms with E-state index >= 15 is 0 Å². The molecule has 1 aliphatic carbocycles. The summed E-state index contributed by atoms with van der Waals surface area (Å²) in [7, 11) is 0. The maximum absolute atomic E-state index is 13.5. The number of hydrogen-bond acceptors (Lipinski definition) is 6. The molecule has 2 aromatic rings. The van der Waals surface area contributed by atoms with Crippen molar-refractivity contribution >= 4 is 29.4 Å². The molecule has 1 aromatic heterocycles. The Balaban J connectivity index is 1.28. The molecule has 8 nitrogen and oxygen atoms in total. The Bertz CT molecular complexity index is 1330. The Kier molecular flexibility index (Phi) is 8.45. The summed E-state index contributed by atoms with van der Waals surface area (Å²) in [6.07, 6.45) is 7.61. The molecule has 8 heteroatoms. The number of phenols is 1. The highest BCUT2D eigenvalue weighted by atomic mass is 16.5. The number of imide groups is 1. The minimum absolute atomic E-state index is 0.0921. The summed E-state index contributed by atoms with van der Waals surface area (Å²) in [5.74, 6) is -1.63. The number of pyridine rings is 1. The number of fused-ring (bicyclic) bond motifs is 3. The Labute approximate surface area is 234 Å². The number of nitrogens with zero attached hydrogens (tertiary/aromatic N) is 2. The summed E-state index contributed by atoms with van der Waals surface area (Å²) >= 11 is 0. The van der Waals surface area contributed by atoms with Crippen LogP contribution in [0.15, 0.2) is 59.8 Å². The van der Waals surface area contributed by atoms with E-state index in [9.17, 15) is 19.5 Å². The normalized spacial score (nSPS) is 24.4. The standard InChI is InChI=1S/C32H36N2O6/c1-20-16-24-30(32(39)34(31(24)38)15-6-2-3-11-28(36)37)25-19-40-27(29(20)25)13-12-22(26-10-4-5-14-33-26)17-21-8-7-9-23(35)18-21/h4-5,7-10,14,17-18,24-25,27,30,35H,2-3,6,11-13,15-16,19H2,1H3,(H,36,37)/b22-17-/t24-,25+,27-,30-/m1/s1. The fourth-order valence-electron chi connectivity index (χ4n) is 6.57. The lowest BCUT2D eigenvalue weighted by molar-refractivity contribution is -0.141. The summed E-state index contributed by atoms with van der Waals surface area (Å²) in [5, 5.41) is 18.8. The van der Waals surface area contributed by atoms with Crippen LogP contribution in [0.3, 0.4) is 0 Å². The number of allylic oxidation sites excluding steroid dienone is 2. The maximum Gasteiger partial charge on any atom is 0.303 e. The van der Waals surface area contributed by atoms with Gasteiger partial charge >= 0.3 is 5.97 Å². The molecule has 0 spiro atoms. The zero-order chi connectivity index (χ0) is 28.2. The van der Waals surface area contributed by atoms with E-state index in [1.54, 1.807) is 18.3 Å². The fourth-order valence-corrected chi connectivity index (χ4v) is 6.57. The Hall–Kier alpha value is -3.78. The van der Waals surface area contributed by atoms with Crippen LogP contribution in [-0.4, -0.2) is 57.1 Å². The maximum atomic E-state index is 13.5. The van der Waals surface area contributed by atoms with Crippen molar-refractivity contribution < 1.29 is 29.3 Å². The number of likely N-dealkylation sites (tertiary alicyclic amines) is 1. The van der Waals surface area contributed by atoms with E-state index in [0.717, 1.165) is 28.8 Å². The van der Waals surface area contributed by atoms with Gasteiger partial charge in [0.1, 0.15) is 5.75 Å². The first-order valence-electron chi connectivity index (χ1n) is 14.1. The molecule has 3 aliphatic rings. The SMILES string of the molecule is CC1=C2[C@@H](CC/C(=C/c3cccc(O)c3)c3ccccn3)OC[C@@H]2[C@@H]2C(=O)N(CCCCCC(=O)O)C(=O)[C@@H]2C1. The first-order valence-corrected chi connectivity index (χ1v) is 14.1. The van der Waals surface area contributed by atoms with Crippen LogP contribution in [0.4, 0.5) is 0 Å². The van der Waals surface area contributed by atoms with Gasteiger partial charge < -0.3 is 14.9 Å². The molecule has 1 aromatic carbocycles. The van der Waals surface area contributed by atoms with Crippen LogP contribution in [0.5, 0.6) is 5.75 Å². The number of ether oxygens (including phenoxy) is 1. The smallest absolute Gasteiger partial charge is 0.303 e. The second-order valence-corrected chi connectivity index (χ2v) is 11.1. The monoisotopic (exact) mass is 544 g/mol. The third kappa shape index (κ3) is 5.87. The third-order valence-electron chi connectivity index (χ3n) is 8.40. The van der Waals surface area contributed by atoms with Gasteiger partial charge in [-0.05, 0) is 86.1 Å². The van der Waals surface area contributed by atoms with Gasteiger partial charge in [-0.15, -0.1) is 0 Å². The van der Waals surface area contributed by atoms with Crippen LogP contribution in [-0.2, 0) is 19.1 Å².